The molecule has 3 fully saturated rings. The Hall–Kier alpha value is -10.0. The van der Waals surface area contributed by atoms with Crippen molar-refractivity contribution in [1.29, 1.82) is 0 Å². The van der Waals surface area contributed by atoms with E-state index in [1.165, 1.54) is 45.2 Å². The van der Waals surface area contributed by atoms with Gasteiger partial charge in [0.05, 0.1) is 55.3 Å². The minimum absolute atomic E-state index is 0.00593. The number of carbonyl (C=O) groups is 10. The number of Topliss-reactive ketones (excluding diaryl/α,β-unsaturated/α-hetero) is 1. The summed E-state index contributed by atoms with van der Waals surface area (Å²) in [4.78, 5) is 141. The largest absolute Gasteiger partial charge is 0.497 e. The summed E-state index contributed by atoms with van der Waals surface area (Å²) in [5, 5.41) is 36.2. The molecular formula is C77H77ClN4O19. The van der Waals surface area contributed by atoms with Crippen LogP contribution in [0.3, 0.4) is 0 Å². The predicted molar refractivity (Wildman–Crippen MR) is 366 cm³/mol. The molecule has 7 aromatic rings. The number of fused-ring (bicyclic) bond motifs is 6. The van der Waals surface area contributed by atoms with E-state index in [2.05, 4.69) is 16.0 Å². The maximum absolute atomic E-state index is 16.0. The first-order chi connectivity index (χ1) is 48.4. The molecule has 0 unspecified atom stereocenters. The second-order valence-corrected chi connectivity index (χ2v) is 26.8. The van der Waals surface area contributed by atoms with Crippen molar-refractivity contribution in [2.45, 2.75) is 127 Å². The number of halogens is 1. The van der Waals surface area contributed by atoms with Gasteiger partial charge in [0, 0.05) is 70.1 Å². The van der Waals surface area contributed by atoms with Crippen molar-refractivity contribution in [1.82, 2.24) is 15.2 Å². The summed E-state index contributed by atoms with van der Waals surface area (Å²) < 4.78 is 44.8. The van der Waals surface area contributed by atoms with Crippen LogP contribution in [0.15, 0.2) is 169 Å². The number of nitrogens with zero attached hydrogens (tertiary/aromatic N) is 1. The van der Waals surface area contributed by atoms with Crippen molar-refractivity contribution in [2.75, 3.05) is 32.2 Å². The Bertz CT molecular complexity index is 4350. The fourth-order valence-electron chi connectivity index (χ4n) is 14.9. The van der Waals surface area contributed by atoms with E-state index in [0.29, 0.717) is 62.3 Å². The van der Waals surface area contributed by atoms with Crippen molar-refractivity contribution in [2.24, 2.45) is 16.7 Å². The molecule has 2 saturated carbocycles. The Balaban J connectivity index is 0.852. The minimum atomic E-state index is -2.48. The molecular weight excluding hydrogens is 1320 g/mol. The molecule has 3 amide bonds. The molecule has 0 spiro atoms. The second-order valence-electron chi connectivity index (χ2n) is 26.4. The fourth-order valence-corrected chi connectivity index (χ4v) is 15.0. The van der Waals surface area contributed by atoms with Gasteiger partial charge in [0.15, 0.2) is 5.78 Å². The van der Waals surface area contributed by atoms with E-state index in [9.17, 15) is 48.6 Å². The summed E-state index contributed by atoms with van der Waals surface area (Å²) >= 11 is 6.11. The number of hydrogen-bond acceptors (Lipinski definition) is 19. The van der Waals surface area contributed by atoms with Crippen LogP contribution in [0, 0.1) is 23.7 Å². The summed E-state index contributed by atoms with van der Waals surface area (Å²) in [5.41, 5.74) is -4.19. The fraction of sp³-hybridized carbons (Fsp3) is 0.351. The number of ether oxygens (including phenoxy) is 7. The molecule has 1 saturated heterocycles. The highest BCUT2D eigenvalue weighted by Gasteiger charge is 2.77. The van der Waals surface area contributed by atoms with Crippen LogP contribution in [0.2, 0.25) is 5.02 Å². The van der Waals surface area contributed by atoms with Crippen molar-refractivity contribution < 1.29 is 91.3 Å². The number of aromatic nitrogens is 1. The number of aliphatic hydroxyl groups excluding tert-OH is 1. The van der Waals surface area contributed by atoms with Gasteiger partial charge in [-0.3, -0.25) is 33.3 Å². The van der Waals surface area contributed by atoms with Crippen LogP contribution in [0.5, 0.6) is 5.75 Å². The topological polar surface area (TPSA) is 317 Å². The van der Waals surface area contributed by atoms with Gasteiger partial charge >= 0.3 is 17.9 Å². The van der Waals surface area contributed by atoms with Gasteiger partial charge in [-0.1, -0.05) is 104 Å². The van der Waals surface area contributed by atoms with Crippen LogP contribution in [0.4, 0.5) is 5.69 Å². The quantitative estimate of drug-likeness (QED) is 0.0155. The van der Waals surface area contributed by atoms with Crippen LogP contribution < -0.4 is 20.7 Å². The van der Waals surface area contributed by atoms with E-state index in [1.54, 1.807) is 159 Å². The predicted octanol–water partition coefficient (Wildman–Crippen LogP) is 8.48. The molecule has 3 aliphatic carbocycles. The number of aliphatic hydroxyl groups is 2. The number of anilines is 1. The Labute approximate surface area is 586 Å². The third-order valence-corrected chi connectivity index (χ3v) is 20.6. The molecule has 0 radical (unpaired) electrons. The number of rotatable bonds is 25. The molecule has 526 valence electrons. The molecule has 5 N–H and O–H groups in total. The zero-order valence-corrected chi connectivity index (χ0v) is 57.1. The highest BCUT2D eigenvalue weighted by atomic mass is 35.5. The summed E-state index contributed by atoms with van der Waals surface area (Å²) in [7, 11) is 1.52. The number of ketones is 1. The molecule has 2 bridgehead atoms. The summed E-state index contributed by atoms with van der Waals surface area (Å²) in [6, 6.07) is 40.8. The van der Waals surface area contributed by atoms with Crippen molar-refractivity contribution in [3.63, 3.8) is 0 Å². The number of nitrogens with one attached hydrogen (secondary N) is 3. The van der Waals surface area contributed by atoms with Crippen LogP contribution in [0.25, 0.3) is 10.9 Å². The first-order valence-corrected chi connectivity index (χ1v) is 33.4. The Morgan fingerprint density at radius 1 is 0.772 bits per heavy atom. The zero-order valence-electron chi connectivity index (χ0n) is 56.3. The van der Waals surface area contributed by atoms with Gasteiger partial charge in [0.2, 0.25) is 17.9 Å². The second kappa shape index (κ2) is 30.1. The van der Waals surface area contributed by atoms with Crippen molar-refractivity contribution in [3.05, 3.63) is 213 Å². The van der Waals surface area contributed by atoms with E-state index >= 15 is 9.59 Å². The van der Waals surface area contributed by atoms with Gasteiger partial charge in [0.1, 0.15) is 67.1 Å². The van der Waals surface area contributed by atoms with Gasteiger partial charge < -0.3 is 68.9 Å². The molecule has 11 atom stereocenters. The maximum atomic E-state index is 16.0. The zero-order chi connectivity index (χ0) is 72.1. The molecule has 1 aliphatic heterocycles. The van der Waals surface area contributed by atoms with E-state index in [-0.39, 0.29) is 65.6 Å². The molecule has 2 heterocycles. The molecule has 4 aliphatic rings. The number of carbonyl (C=O) groups excluding carboxylic acids is 10. The van der Waals surface area contributed by atoms with E-state index < -0.39 is 139 Å². The van der Waals surface area contributed by atoms with E-state index in [4.69, 9.17) is 44.8 Å². The molecule has 11 rings (SSSR count). The van der Waals surface area contributed by atoms with Crippen LogP contribution in [0.1, 0.15) is 113 Å². The first kappa shape index (κ1) is 72.2. The van der Waals surface area contributed by atoms with E-state index in [1.807, 2.05) is 0 Å². The number of benzene rings is 6. The lowest BCUT2D eigenvalue weighted by atomic mass is 9.44. The van der Waals surface area contributed by atoms with Gasteiger partial charge in [-0.25, -0.2) is 9.59 Å². The van der Waals surface area contributed by atoms with Crippen LogP contribution >= 0.6 is 11.6 Å². The molecule has 1 aromatic heterocycles. The van der Waals surface area contributed by atoms with Crippen LogP contribution in [-0.2, 0) is 74.9 Å². The summed E-state index contributed by atoms with van der Waals surface area (Å²) in [6.07, 6.45) is -11.1. The number of amides is 3. The highest BCUT2D eigenvalue weighted by molar-refractivity contribution is 6.30. The lowest BCUT2D eigenvalue weighted by molar-refractivity contribution is -0.354. The number of aldehydes is 2. The van der Waals surface area contributed by atoms with E-state index in [0.717, 1.165) is 0 Å². The van der Waals surface area contributed by atoms with Gasteiger partial charge in [-0.15, -0.1) is 0 Å². The molecule has 6 aromatic carbocycles. The Morgan fingerprint density at radius 2 is 1.43 bits per heavy atom. The standard InChI is InChI=1S/C77H77ClN4O19/c1-44-57(41-77(94)69(101-72(92)50-20-14-9-15-21-50)67-75(5,58(85)40-59-76(67,43-97-59)98-37-35-84)68(89)65(96-36-34-83)63(44)74(77,3)4)99-73(93)66(64(47-16-10-7-11-17-47)81-70(90)48-18-12-8-13-19-48)100-62(88)33-32-60(86)79-42-46-22-28-52(29-23-46)80-61(87)39-54-45(2)82(56-31-30-53(95-6)38-55(54)56)71(91)49-24-26-51(78)27-25-49/h7-31,34-35,38,57-59,64-67,69,85,94H,32-33,36-37,39-43H2,1-6H3,(H,79,86)(H,80,87)(H,81,90)/t57-,58-,59+,64-,65+,66+,67-,69-,75+,76-,77+/m0/s1. The summed E-state index contributed by atoms with van der Waals surface area (Å²) in [6.45, 7) is 6.31. The highest BCUT2D eigenvalue weighted by Crippen LogP contribution is 2.64. The normalized spacial score (nSPS) is 23.9. The maximum Gasteiger partial charge on any atom is 0.350 e. The smallest absolute Gasteiger partial charge is 0.350 e. The monoisotopic (exact) mass is 1400 g/mol. The third kappa shape index (κ3) is 14.1. The third-order valence-electron chi connectivity index (χ3n) is 20.3. The van der Waals surface area contributed by atoms with Crippen molar-refractivity contribution in [3.8, 4) is 5.75 Å². The van der Waals surface area contributed by atoms with Gasteiger partial charge in [0.25, 0.3) is 11.8 Å². The minimum Gasteiger partial charge on any atom is -0.497 e. The molecule has 23 nitrogen and oxygen atoms in total. The first-order valence-electron chi connectivity index (χ1n) is 33.0. The number of methoxy groups -OCH3 is 1. The molecule has 24 heteroatoms. The van der Waals surface area contributed by atoms with Crippen LogP contribution in [-0.4, -0.2) is 149 Å². The summed E-state index contributed by atoms with van der Waals surface area (Å²) in [5.74, 6) is -7.16. The lowest BCUT2D eigenvalue weighted by Gasteiger charge is -2.68. The SMILES string of the molecule is COc1ccc2c(c1)c(CC(=O)Nc1ccc(CNC(=O)CCC(=O)O[C@@H](C(=O)O[C@H]3C[C@@]4(O)[C@@H](OC(=O)c5ccccc5)[C@@H]5[C@]6(OCC=O)CO[C@@H]6C[C@H](O)[C@@]5(C)C(=O)[C@H](OCC=O)C(=C3C)C4(C)C)[C@@H](NC(=O)c3ccccc3)c3ccccc3)cc1)c(C)n2C(=O)c1ccc(Cl)cc1. The van der Waals surface area contributed by atoms with Gasteiger partial charge in [-0.05, 0) is 127 Å². The average molecular weight is 1400 g/mol. The number of hydrogen-bond donors (Lipinski definition) is 5. The number of esters is 3. The Kier molecular flexibility index (Phi) is 21.5. The lowest BCUT2D eigenvalue weighted by Crippen LogP contribution is -2.81. The average Bonchev–Trinajstić information content (AvgIpc) is 1.23. The Morgan fingerprint density at radius 3 is 2.06 bits per heavy atom. The van der Waals surface area contributed by atoms with Gasteiger partial charge in [-0.2, -0.15) is 0 Å². The molecule has 101 heavy (non-hydrogen) atoms. The van der Waals surface area contributed by atoms with Crippen molar-refractivity contribution >= 4 is 88.1 Å².